The van der Waals surface area contributed by atoms with Crippen LogP contribution in [0.1, 0.15) is 51.5 Å². The first kappa shape index (κ1) is 26.3. The zero-order valence-corrected chi connectivity index (χ0v) is 19.5. The molecule has 2 heterocycles. The number of aryl methyl sites for hydroxylation is 1. The standard InChI is InChI=1S/C18H17F2N3O3S.2C2H6/c1-3-4-5-12-10-26-17-15(27(25)22-12)9-23(2)16(17)18(24)21-11-6-7-13(19)14(20)8-11;2*1-2/h6-9,12,22H,5,10H2,1-2H3,(H,21,24);2*1-2H3. The van der Waals surface area contributed by atoms with E-state index in [9.17, 15) is 17.8 Å². The topological polar surface area (TPSA) is 72.4 Å². The Morgan fingerprint density at radius 3 is 2.58 bits per heavy atom. The number of carbonyl (C=O) groups is 1. The summed E-state index contributed by atoms with van der Waals surface area (Å²) in [7, 11) is 0.0281. The van der Waals surface area contributed by atoms with E-state index in [0.717, 1.165) is 12.1 Å². The van der Waals surface area contributed by atoms with Gasteiger partial charge >= 0.3 is 0 Å². The molecule has 0 saturated heterocycles. The summed E-state index contributed by atoms with van der Waals surface area (Å²) in [5.74, 6) is 3.19. The molecule has 3 rings (SSSR count). The monoisotopic (exact) mass is 453 g/mol. The molecule has 0 aliphatic carbocycles. The highest BCUT2D eigenvalue weighted by Crippen LogP contribution is 2.31. The van der Waals surface area contributed by atoms with E-state index < -0.39 is 28.5 Å². The van der Waals surface area contributed by atoms with Crippen molar-refractivity contribution in [1.29, 1.82) is 0 Å². The number of rotatable bonds is 3. The summed E-state index contributed by atoms with van der Waals surface area (Å²) in [6.45, 7) is 9.90. The third-order valence-corrected chi connectivity index (χ3v) is 5.16. The van der Waals surface area contributed by atoms with Crippen molar-refractivity contribution in [2.24, 2.45) is 7.05 Å². The third-order valence-electron chi connectivity index (χ3n) is 3.92. The van der Waals surface area contributed by atoms with Crippen LogP contribution in [0.4, 0.5) is 14.5 Å². The molecule has 1 aliphatic rings. The second-order valence-electron chi connectivity index (χ2n) is 5.89. The maximum atomic E-state index is 13.4. The molecule has 0 bridgehead atoms. The highest BCUT2D eigenvalue weighted by Gasteiger charge is 2.30. The molecule has 0 spiro atoms. The number of aromatic nitrogens is 1. The maximum Gasteiger partial charge on any atom is 0.276 e. The molecular formula is C22H29F2N3O3S. The van der Waals surface area contributed by atoms with E-state index in [2.05, 4.69) is 21.9 Å². The Bertz CT molecular complexity index is 980. The van der Waals surface area contributed by atoms with Gasteiger partial charge in [0.05, 0.1) is 6.04 Å². The van der Waals surface area contributed by atoms with Gasteiger partial charge in [-0.2, -0.15) is 0 Å². The molecule has 2 atom stereocenters. The number of fused-ring (bicyclic) bond motifs is 1. The Morgan fingerprint density at radius 2 is 1.97 bits per heavy atom. The lowest BCUT2D eigenvalue weighted by Gasteiger charge is -2.13. The van der Waals surface area contributed by atoms with Gasteiger partial charge in [0.2, 0.25) is 0 Å². The Hall–Kier alpha value is -2.70. The number of anilines is 1. The van der Waals surface area contributed by atoms with Crippen LogP contribution >= 0.6 is 0 Å². The molecule has 1 aliphatic heterocycles. The fraction of sp³-hybridized carbons (Fsp3) is 0.409. The van der Waals surface area contributed by atoms with Gasteiger partial charge in [0, 0.05) is 31.4 Å². The van der Waals surface area contributed by atoms with Gasteiger partial charge in [-0.05, 0) is 19.1 Å². The van der Waals surface area contributed by atoms with Crippen LogP contribution in [0.15, 0.2) is 29.3 Å². The highest BCUT2D eigenvalue weighted by atomic mass is 32.2. The van der Waals surface area contributed by atoms with E-state index in [4.69, 9.17) is 4.74 Å². The summed E-state index contributed by atoms with van der Waals surface area (Å²) >= 11 is 0. The van der Waals surface area contributed by atoms with Crippen LogP contribution in [0.2, 0.25) is 0 Å². The van der Waals surface area contributed by atoms with Crippen molar-refractivity contribution in [2.75, 3.05) is 11.9 Å². The number of nitrogens with zero attached hydrogens (tertiary/aromatic N) is 1. The van der Waals surface area contributed by atoms with Gasteiger partial charge < -0.3 is 14.6 Å². The number of hydrogen-bond donors (Lipinski definition) is 2. The van der Waals surface area contributed by atoms with Crippen molar-refractivity contribution >= 4 is 22.6 Å². The van der Waals surface area contributed by atoms with Gasteiger partial charge in [-0.15, -0.1) is 11.8 Å². The first-order chi connectivity index (χ1) is 14.9. The molecule has 0 saturated carbocycles. The molecular weight excluding hydrogens is 424 g/mol. The summed E-state index contributed by atoms with van der Waals surface area (Å²) in [5, 5.41) is 2.50. The first-order valence-electron chi connectivity index (χ1n) is 10.1. The van der Waals surface area contributed by atoms with Crippen LogP contribution in [0.3, 0.4) is 0 Å². The minimum absolute atomic E-state index is 0.0952. The van der Waals surface area contributed by atoms with Gasteiger partial charge in [-0.1, -0.05) is 27.7 Å². The lowest BCUT2D eigenvalue weighted by molar-refractivity contribution is 0.101. The SMILES string of the molecule is CC.CC.CC#CCC1COc2c(cn(C)c2C(=O)Nc2ccc(F)c(F)c2)S(=O)N1. The van der Waals surface area contributed by atoms with Crippen LogP contribution in [0.5, 0.6) is 5.75 Å². The Labute approximate surface area is 185 Å². The lowest BCUT2D eigenvalue weighted by Crippen LogP contribution is -2.33. The summed E-state index contributed by atoms with van der Waals surface area (Å²) in [6, 6.07) is 2.80. The van der Waals surface area contributed by atoms with Gasteiger partial charge in [0.15, 0.2) is 23.1 Å². The molecule has 170 valence electrons. The van der Waals surface area contributed by atoms with E-state index in [1.54, 1.807) is 14.0 Å². The maximum absolute atomic E-state index is 13.4. The lowest BCUT2D eigenvalue weighted by atomic mass is 10.2. The quantitative estimate of drug-likeness (QED) is 0.677. The van der Waals surface area contributed by atoms with E-state index in [0.29, 0.717) is 11.3 Å². The number of hydrogen-bond acceptors (Lipinski definition) is 3. The molecule has 31 heavy (non-hydrogen) atoms. The summed E-state index contributed by atoms with van der Waals surface area (Å²) in [6.07, 6.45) is 1.99. The largest absolute Gasteiger partial charge is 0.488 e. The van der Waals surface area contributed by atoms with Gasteiger partial charge in [-0.3, -0.25) is 4.79 Å². The molecule has 9 heteroatoms. The Kier molecular flexibility index (Phi) is 10.9. The molecule has 2 unspecified atom stereocenters. The molecule has 2 aromatic rings. The van der Waals surface area contributed by atoms with E-state index >= 15 is 0 Å². The fourth-order valence-electron chi connectivity index (χ4n) is 2.63. The minimum Gasteiger partial charge on any atom is -0.488 e. The van der Waals surface area contributed by atoms with Crippen molar-refractivity contribution in [3.63, 3.8) is 0 Å². The van der Waals surface area contributed by atoms with Crippen molar-refractivity contribution in [3.05, 3.63) is 41.7 Å². The Morgan fingerprint density at radius 1 is 1.29 bits per heavy atom. The highest BCUT2D eigenvalue weighted by molar-refractivity contribution is 7.83. The van der Waals surface area contributed by atoms with E-state index in [-0.39, 0.29) is 29.8 Å². The van der Waals surface area contributed by atoms with Crippen LogP contribution in [0, 0.1) is 23.5 Å². The predicted molar refractivity (Wildman–Crippen MR) is 119 cm³/mol. The second-order valence-corrected chi connectivity index (χ2v) is 7.10. The van der Waals surface area contributed by atoms with Gasteiger partial charge in [0.25, 0.3) is 5.91 Å². The summed E-state index contributed by atoms with van der Waals surface area (Å²) < 4.78 is 49.1. The van der Waals surface area contributed by atoms with Crippen LogP contribution < -0.4 is 14.8 Å². The molecule has 1 aromatic carbocycles. The minimum atomic E-state index is -1.58. The number of amides is 1. The number of ether oxygens (including phenoxy) is 1. The molecule has 0 fully saturated rings. The van der Waals surface area contributed by atoms with Crippen LogP contribution in [-0.2, 0) is 18.0 Å². The number of benzene rings is 1. The Balaban J connectivity index is 0.00000113. The number of nitrogens with one attached hydrogen (secondary N) is 2. The van der Waals surface area contributed by atoms with Crippen molar-refractivity contribution < 1.29 is 22.5 Å². The average molecular weight is 454 g/mol. The number of carbonyl (C=O) groups excluding carboxylic acids is 1. The molecule has 6 nitrogen and oxygen atoms in total. The van der Waals surface area contributed by atoms with Gasteiger partial charge in [-0.25, -0.2) is 17.7 Å². The molecule has 1 amide bonds. The van der Waals surface area contributed by atoms with Gasteiger partial charge in [0.1, 0.15) is 22.5 Å². The summed E-state index contributed by atoms with van der Waals surface area (Å²) in [5.41, 5.74) is 0.227. The fourth-order valence-corrected chi connectivity index (χ4v) is 3.79. The van der Waals surface area contributed by atoms with E-state index in [1.165, 1.54) is 16.8 Å². The van der Waals surface area contributed by atoms with Crippen LogP contribution in [0.25, 0.3) is 0 Å². The van der Waals surface area contributed by atoms with Crippen molar-refractivity contribution in [3.8, 4) is 17.6 Å². The van der Waals surface area contributed by atoms with E-state index in [1.807, 2.05) is 27.7 Å². The molecule has 0 radical (unpaired) electrons. The third kappa shape index (κ3) is 6.64. The normalized spacial score (nSPS) is 16.5. The first-order valence-corrected chi connectivity index (χ1v) is 11.2. The molecule has 1 aromatic heterocycles. The summed E-state index contributed by atoms with van der Waals surface area (Å²) in [4.78, 5) is 13.0. The van der Waals surface area contributed by atoms with Crippen LogP contribution in [-0.4, -0.2) is 27.3 Å². The smallest absolute Gasteiger partial charge is 0.276 e. The zero-order chi connectivity index (χ0) is 23.6. The zero-order valence-electron chi connectivity index (χ0n) is 18.6. The van der Waals surface area contributed by atoms with Crippen molar-refractivity contribution in [2.45, 2.75) is 52.0 Å². The molecule has 2 N–H and O–H groups in total. The predicted octanol–water partition coefficient (Wildman–Crippen LogP) is 4.39. The average Bonchev–Trinajstić information content (AvgIpc) is 3.03. The van der Waals surface area contributed by atoms with Crippen molar-refractivity contribution in [1.82, 2.24) is 9.29 Å². The number of halogens is 2. The second kappa shape index (κ2) is 12.9.